The monoisotopic (exact) mass is 412 g/mol. The van der Waals surface area contributed by atoms with E-state index in [-0.39, 0.29) is 5.91 Å². The van der Waals surface area contributed by atoms with E-state index in [1.165, 1.54) is 0 Å². The van der Waals surface area contributed by atoms with Crippen LogP contribution >= 0.6 is 0 Å². The van der Waals surface area contributed by atoms with Crippen molar-refractivity contribution in [3.8, 4) is 0 Å². The van der Waals surface area contributed by atoms with Gasteiger partial charge in [-0.15, -0.1) is 0 Å². The molecule has 1 fully saturated rings. The summed E-state index contributed by atoms with van der Waals surface area (Å²) in [7, 11) is 4.09. The fourth-order valence-electron chi connectivity index (χ4n) is 4.53. The lowest BCUT2D eigenvalue weighted by Crippen LogP contribution is -2.48. The minimum absolute atomic E-state index is 0.0818. The Morgan fingerprint density at radius 2 is 1.83 bits per heavy atom. The van der Waals surface area contributed by atoms with Gasteiger partial charge in [0.05, 0.1) is 38.6 Å². The zero-order valence-electron chi connectivity index (χ0n) is 18.1. The van der Waals surface area contributed by atoms with Crippen LogP contribution in [0, 0.1) is 0 Å². The Hall–Kier alpha value is -1.99. The Labute approximate surface area is 178 Å². The average Bonchev–Trinajstić information content (AvgIpc) is 3.02. The molecule has 4 rings (SSSR count). The summed E-state index contributed by atoms with van der Waals surface area (Å²) in [5.41, 5.74) is 1.42. The van der Waals surface area contributed by atoms with Gasteiger partial charge in [0.1, 0.15) is 0 Å². The molecule has 0 N–H and O–H groups in total. The van der Waals surface area contributed by atoms with Gasteiger partial charge < -0.3 is 24.0 Å². The lowest BCUT2D eigenvalue weighted by Gasteiger charge is -2.39. The minimum atomic E-state index is -0.463. The molecule has 1 atom stereocenters. The van der Waals surface area contributed by atoms with E-state index in [2.05, 4.69) is 23.1 Å². The molecule has 2 aliphatic rings. The number of hydrogen-bond acceptors (Lipinski definition) is 5. The molecule has 0 aromatic heterocycles. The van der Waals surface area contributed by atoms with E-state index in [1.54, 1.807) is 0 Å². The molecule has 2 aromatic rings. The number of carbonyl (C=O) groups is 1. The maximum atomic E-state index is 13.4. The van der Waals surface area contributed by atoms with Gasteiger partial charge in [-0.2, -0.15) is 0 Å². The fraction of sp³-hybridized carbons (Fsp3) is 0.542. The molecule has 6 heteroatoms. The first-order chi connectivity index (χ1) is 14.6. The van der Waals surface area contributed by atoms with Crippen molar-refractivity contribution in [1.29, 1.82) is 0 Å². The number of likely N-dealkylation sites (N-methyl/N-ethyl adjacent to an activating group) is 1. The van der Waals surface area contributed by atoms with Gasteiger partial charge in [0, 0.05) is 25.3 Å². The van der Waals surface area contributed by atoms with Crippen LogP contribution in [0.4, 0.5) is 0 Å². The molecular weight excluding hydrogens is 380 g/mol. The third-order valence-corrected chi connectivity index (χ3v) is 6.11. The average molecular weight is 413 g/mol. The van der Waals surface area contributed by atoms with Crippen molar-refractivity contribution in [1.82, 2.24) is 9.80 Å². The number of carbonyl (C=O) groups excluding carboxylic acids is 1. The number of nitrogens with zero attached hydrogens (tertiary/aromatic N) is 2. The molecule has 2 heterocycles. The molecule has 0 bridgehead atoms. The molecule has 1 amide bonds. The van der Waals surface area contributed by atoms with Gasteiger partial charge in [0.25, 0.3) is 5.91 Å². The van der Waals surface area contributed by atoms with Gasteiger partial charge in [-0.25, -0.2) is 0 Å². The van der Waals surface area contributed by atoms with Gasteiger partial charge in [-0.3, -0.25) is 4.79 Å². The second-order valence-electron chi connectivity index (χ2n) is 8.42. The largest absolute Gasteiger partial charge is 0.380 e. The zero-order chi connectivity index (χ0) is 21.0. The third kappa shape index (κ3) is 4.23. The molecule has 6 nitrogen and oxygen atoms in total. The van der Waals surface area contributed by atoms with Crippen LogP contribution in [0.1, 0.15) is 28.8 Å². The maximum absolute atomic E-state index is 13.4. The second-order valence-corrected chi connectivity index (χ2v) is 8.42. The summed E-state index contributed by atoms with van der Waals surface area (Å²) >= 11 is 0. The van der Waals surface area contributed by atoms with Crippen LogP contribution in [0.3, 0.4) is 0 Å². The zero-order valence-corrected chi connectivity index (χ0v) is 18.1. The molecule has 0 radical (unpaired) electrons. The summed E-state index contributed by atoms with van der Waals surface area (Å²) < 4.78 is 17.5. The summed E-state index contributed by atoms with van der Waals surface area (Å²) in [5.74, 6) is 0.0818. The molecule has 0 spiro atoms. The third-order valence-electron chi connectivity index (χ3n) is 6.11. The predicted molar refractivity (Wildman–Crippen MR) is 117 cm³/mol. The number of benzene rings is 2. The van der Waals surface area contributed by atoms with Gasteiger partial charge in [0.15, 0.2) is 0 Å². The molecule has 2 aromatic carbocycles. The van der Waals surface area contributed by atoms with E-state index in [0.29, 0.717) is 46.2 Å². The molecular formula is C24H32N2O4. The summed E-state index contributed by atoms with van der Waals surface area (Å²) in [6.45, 7) is 5.02. The Balaban J connectivity index is 1.63. The van der Waals surface area contributed by atoms with Gasteiger partial charge in [0.2, 0.25) is 0 Å². The van der Waals surface area contributed by atoms with Crippen molar-refractivity contribution in [3.63, 3.8) is 0 Å². The van der Waals surface area contributed by atoms with E-state index in [4.69, 9.17) is 14.2 Å². The topological polar surface area (TPSA) is 51.2 Å². The highest BCUT2D eigenvalue weighted by Gasteiger charge is 2.49. The molecule has 30 heavy (non-hydrogen) atoms. The van der Waals surface area contributed by atoms with E-state index in [0.717, 1.165) is 41.3 Å². The molecule has 2 aliphatic heterocycles. The molecule has 1 unspecified atom stereocenters. The molecule has 1 saturated heterocycles. The second kappa shape index (κ2) is 9.43. The number of ether oxygens (including phenoxy) is 3. The lowest BCUT2D eigenvalue weighted by molar-refractivity contribution is -0.000681. The van der Waals surface area contributed by atoms with E-state index in [1.807, 2.05) is 37.2 Å². The Kier molecular flexibility index (Phi) is 6.68. The Morgan fingerprint density at radius 3 is 2.63 bits per heavy atom. The fourth-order valence-corrected chi connectivity index (χ4v) is 4.53. The predicted octanol–water partition coefficient (Wildman–Crippen LogP) is 2.90. The highest BCUT2D eigenvalue weighted by molar-refractivity contribution is 6.04. The van der Waals surface area contributed by atoms with Crippen molar-refractivity contribution in [2.75, 3.05) is 66.8 Å². The highest BCUT2D eigenvalue weighted by atomic mass is 16.5. The van der Waals surface area contributed by atoms with Crippen molar-refractivity contribution < 1.29 is 19.0 Å². The molecule has 162 valence electrons. The summed E-state index contributed by atoms with van der Waals surface area (Å²) in [6, 6.07) is 12.5. The molecule has 0 saturated carbocycles. The van der Waals surface area contributed by atoms with Crippen LogP contribution in [0.15, 0.2) is 36.4 Å². The van der Waals surface area contributed by atoms with Crippen LogP contribution < -0.4 is 0 Å². The smallest absolute Gasteiger partial charge is 0.255 e. The standard InChI is InChI=1S/C24H32N2O4/c1-25(2)9-12-28-11-5-8-24-18-30-15-14-29-13-10-26(24)23(27)21-16-19-6-3-4-7-20(19)17-22(21)24/h3-4,6-7,16-17H,5,8-15,18H2,1-2H3. The van der Waals surface area contributed by atoms with Gasteiger partial charge >= 0.3 is 0 Å². The number of fused-ring (bicyclic) bond motifs is 4. The van der Waals surface area contributed by atoms with Crippen LogP contribution in [0.5, 0.6) is 0 Å². The highest BCUT2D eigenvalue weighted by Crippen LogP contribution is 2.44. The first-order valence-corrected chi connectivity index (χ1v) is 10.8. The van der Waals surface area contributed by atoms with Crippen LogP contribution in [-0.2, 0) is 19.7 Å². The summed E-state index contributed by atoms with van der Waals surface area (Å²) in [5, 5.41) is 2.25. The van der Waals surface area contributed by atoms with Crippen molar-refractivity contribution in [2.45, 2.75) is 18.4 Å². The summed E-state index contributed by atoms with van der Waals surface area (Å²) in [6.07, 6.45) is 1.68. The van der Waals surface area contributed by atoms with E-state index < -0.39 is 5.54 Å². The van der Waals surface area contributed by atoms with Crippen LogP contribution in [0.2, 0.25) is 0 Å². The first kappa shape index (κ1) is 21.2. The normalized spacial score (nSPS) is 22.0. The maximum Gasteiger partial charge on any atom is 0.255 e. The number of rotatable bonds is 7. The Bertz CT molecular complexity index is 885. The van der Waals surface area contributed by atoms with E-state index in [9.17, 15) is 4.79 Å². The van der Waals surface area contributed by atoms with Crippen molar-refractivity contribution >= 4 is 16.7 Å². The van der Waals surface area contributed by atoms with E-state index >= 15 is 0 Å². The number of amides is 1. The van der Waals surface area contributed by atoms with Crippen molar-refractivity contribution in [2.24, 2.45) is 0 Å². The van der Waals surface area contributed by atoms with Crippen LogP contribution in [-0.4, -0.2) is 82.5 Å². The number of hydrogen-bond donors (Lipinski definition) is 0. The van der Waals surface area contributed by atoms with Gasteiger partial charge in [-0.1, -0.05) is 24.3 Å². The quantitative estimate of drug-likeness (QED) is 0.655. The first-order valence-electron chi connectivity index (χ1n) is 10.8. The Morgan fingerprint density at radius 1 is 1.07 bits per heavy atom. The van der Waals surface area contributed by atoms with Crippen LogP contribution in [0.25, 0.3) is 10.8 Å². The lowest BCUT2D eigenvalue weighted by atomic mass is 9.84. The van der Waals surface area contributed by atoms with Gasteiger partial charge in [-0.05, 0) is 55.4 Å². The summed E-state index contributed by atoms with van der Waals surface area (Å²) in [4.78, 5) is 17.5. The van der Waals surface area contributed by atoms with Crippen molar-refractivity contribution in [3.05, 3.63) is 47.5 Å². The minimum Gasteiger partial charge on any atom is -0.380 e. The molecule has 0 aliphatic carbocycles. The SMILES string of the molecule is CN(C)CCOCCCC12COCCOCCN1C(=O)c1cc3ccccc3cc12.